The Kier molecular flexibility index (Phi) is 9.48. The van der Waals surface area contributed by atoms with Gasteiger partial charge in [-0.15, -0.1) is 0 Å². The molecule has 0 aliphatic rings. The van der Waals surface area contributed by atoms with Gasteiger partial charge < -0.3 is 19.5 Å². The monoisotopic (exact) mass is 297 g/mol. The summed E-state index contributed by atoms with van der Waals surface area (Å²) in [6, 6.07) is 1.85. The van der Waals surface area contributed by atoms with E-state index in [1.807, 2.05) is 13.0 Å². The number of methoxy groups -OCH3 is 1. The standard InChI is InChI=1S/C15H27N3O3/c1-4-7-16-14-12-15(18-13(5-2)17-14)21-9-6-8-20-11-10-19-3/h12H,4-11H2,1-3H3,(H,16,17,18). The maximum Gasteiger partial charge on any atom is 0.218 e. The van der Waals surface area contributed by atoms with Crippen molar-refractivity contribution in [3.8, 4) is 5.88 Å². The molecule has 1 heterocycles. The van der Waals surface area contributed by atoms with Gasteiger partial charge in [0.15, 0.2) is 0 Å². The van der Waals surface area contributed by atoms with E-state index in [0.717, 1.165) is 37.4 Å². The highest BCUT2D eigenvalue weighted by Crippen LogP contribution is 2.14. The average Bonchev–Trinajstić information content (AvgIpc) is 2.51. The van der Waals surface area contributed by atoms with E-state index < -0.39 is 0 Å². The smallest absolute Gasteiger partial charge is 0.218 e. The quantitative estimate of drug-likeness (QED) is 0.597. The van der Waals surface area contributed by atoms with Crippen LogP contribution >= 0.6 is 0 Å². The zero-order valence-electron chi connectivity index (χ0n) is 13.4. The lowest BCUT2D eigenvalue weighted by molar-refractivity contribution is 0.0642. The van der Waals surface area contributed by atoms with Gasteiger partial charge in [0, 0.05) is 39.2 Å². The van der Waals surface area contributed by atoms with Crippen LogP contribution in [0.25, 0.3) is 0 Å². The summed E-state index contributed by atoms with van der Waals surface area (Å²) in [5.41, 5.74) is 0. The van der Waals surface area contributed by atoms with E-state index >= 15 is 0 Å². The maximum atomic E-state index is 5.67. The molecule has 0 amide bonds. The second-order valence-electron chi connectivity index (χ2n) is 4.60. The van der Waals surface area contributed by atoms with Gasteiger partial charge in [-0.1, -0.05) is 13.8 Å². The van der Waals surface area contributed by atoms with Crippen molar-refractivity contribution in [3.63, 3.8) is 0 Å². The van der Waals surface area contributed by atoms with Gasteiger partial charge in [0.2, 0.25) is 5.88 Å². The summed E-state index contributed by atoms with van der Waals surface area (Å²) < 4.78 is 16.0. The van der Waals surface area contributed by atoms with E-state index in [9.17, 15) is 0 Å². The number of aromatic nitrogens is 2. The van der Waals surface area contributed by atoms with Crippen molar-refractivity contribution in [1.29, 1.82) is 0 Å². The van der Waals surface area contributed by atoms with Crippen LogP contribution in [0.2, 0.25) is 0 Å². The Hall–Kier alpha value is -1.40. The topological polar surface area (TPSA) is 65.5 Å². The third-order valence-electron chi connectivity index (χ3n) is 2.74. The summed E-state index contributed by atoms with van der Waals surface area (Å²) in [7, 11) is 1.66. The van der Waals surface area contributed by atoms with Crippen molar-refractivity contribution in [2.45, 2.75) is 33.1 Å². The van der Waals surface area contributed by atoms with Gasteiger partial charge in [-0.3, -0.25) is 0 Å². The molecule has 0 bridgehead atoms. The third kappa shape index (κ3) is 7.82. The Morgan fingerprint density at radius 2 is 1.95 bits per heavy atom. The number of aryl methyl sites for hydroxylation is 1. The van der Waals surface area contributed by atoms with Gasteiger partial charge in [0.25, 0.3) is 0 Å². The second kappa shape index (κ2) is 11.3. The molecule has 6 heteroatoms. The first-order valence-electron chi connectivity index (χ1n) is 7.61. The largest absolute Gasteiger partial charge is 0.477 e. The normalized spacial score (nSPS) is 10.6. The predicted octanol–water partition coefficient (Wildman–Crippen LogP) is 2.29. The number of nitrogens with zero attached hydrogens (tertiary/aromatic N) is 2. The molecule has 1 N–H and O–H groups in total. The summed E-state index contributed by atoms with van der Waals surface area (Å²) in [5, 5.41) is 3.26. The summed E-state index contributed by atoms with van der Waals surface area (Å²) in [5.74, 6) is 2.25. The molecule has 0 aliphatic carbocycles. The molecule has 0 aromatic carbocycles. The predicted molar refractivity (Wildman–Crippen MR) is 83.0 cm³/mol. The lowest BCUT2D eigenvalue weighted by Gasteiger charge is -2.10. The van der Waals surface area contributed by atoms with E-state index in [2.05, 4.69) is 22.2 Å². The molecular formula is C15H27N3O3. The van der Waals surface area contributed by atoms with Crippen molar-refractivity contribution in [1.82, 2.24) is 9.97 Å². The number of ether oxygens (including phenoxy) is 3. The van der Waals surface area contributed by atoms with E-state index in [4.69, 9.17) is 14.2 Å². The molecule has 0 atom stereocenters. The van der Waals surface area contributed by atoms with Crippen LogP contribution in [0, 0.1) is 0 Å². The average molecular weight is 297 g/mol. The number of hydrogen-bond donors (Lipinski definition) is 1. The van der Waals surface area contributed by atoms with Crippen LogP contribution in [0.1, 0.15) is 32.5 Å². The number of nitrogens with one attached hydrogen (secondary N) is 1. The van der Waals surface area contributed by atoms with Crippen molar-refractivity contribution in [2.75, 3.05) is 45.4 Å². The molecule has 0 fully saturated rings. The first kappa shape index (κ1) is 17.7. The summed E-state index contributed by atoms with van der Waals surface area (Å²) in [6.45, 7) is 7.54. The van der Waals surface area contributed by atoms with Crippen LogP contribution in [-0.4, -0.2) is 50.1 Å². The number of hydrogen-bond acceptors (Lipinski definition) is 6. The maximum absolute atomic E-state index is 5.67. The fourth-order valence-corrected chi connectivity index (χ4v) is 1.63. The molecule has 0 radical (unpaired) electrons. The Balaban J connectivity index is 2.35. The molecule has 6 nitrogen and oxygen atoms in total. The summed E-state index contributed by atoms with van der Waals surface area (Å²) >= 11 is 0. The number of anilines is 1. The molecule has 1 aromatic rings. The lowest BCUT2D eigenvalue weighted by Crippen LogP contribution is -2.09. The molecular weight excluding hydrogens is 270 g/mol. The second-order valence-corrected chi connectivity index (χ2v) is 4.60. The molecule has 1 aromatic heterocycles. The van der Waals surface area contributed by atoms with Gasteiger partial charge >= 0.3 is 0 Å². The van der Waals surface area contributed by atoms with Crippen LogP contribution < -0.4 is 10.1 Å². The molecule has 0 saturated carbocycles. The van der Waals surface area contributed by atoms with Crippen LogP contribution in [-0.2, 0) is 15.9 Å². The number of rotatable bonds is 12. The first-order chi connectivity index (χ1) is 10.3. The molecule has 0 unspecified atom stereocenters. The fraction of sp³-hybridized carbons (Fsp3) is 0.733. The highest BCUT2D eigenvalue weighted by Gasteiger charge is 2.04. The molecule has 0 saturated heterocycles. The zero-order valence-corrected chi connectivity index (χ0v) is 13.4. The Morgan fingerprint density at radius 3 is 2.67 bits per heavy atom. The fourth-order valence-electron chi connectivity index (χ4n) is 1.63. The van der Waals surface area contributed by atoms with E-state index in [1.54, 1.807) is 7.11 Å². The van der Waals surface area contributed by atoms with Crippen LogP contribution in [0.5, 0.6) is 5.88 Å². The summed E-state index contributed by atoms with van der Waals surface area (Å²) in [4.78, 5) is 8.80. The van der Waals surface area contributed by atoms with E-state index in [1.165, 1.54) is 0 Å². The first-order valence-corrected chi connectivity index (χ1v) is 7.61. The van der Waals surface area contributed by atoms with Crippen molar-refractivity contribution in [3.05, 3.63) is 11.9 Å². The molecule has 0 spiro atoms. The molecule has 0 aliphatic heterocycles. The minimum atomic E-state index is 0.584. The van der Waals surface area contributed by atoms with Gasteiger partial charge in [-0.25, -0.2) is 4.98 Å². The third-order valence-corrected chi connectivity index (χ3v) is 2.74. The van der Waals surface area contributed by atoms with Crippen molar-refractivity contribution in [2.24, 2.45) is 0 Å². The van der Waals surface area contributed by atoms with Gasteiger partial charge in [0.1, 0.15) is 11.6 Å². The van der Waals surface area contributed by atoms with Crippen LogP contribution in [0.4, 0.5) is 5.82 Å². The highest BCUT2D eigenvalue weighted by atomic mass is 16.5. The highest BCUT2D eigenvalue weighted by molar-refractivity contribution is 5.38. The molecule has 1 rings (SSSR count). The van der Waals surface area contributed by atoms with E-state index in [0.29, 0.717) is 32.3 Å². The van der Waals surface area contributed by atoms with Crippen molar-refractivity contribution >= 4 is 5.82 Å². The van der Waals surface area contributed by atoms with Crippen LogP contribution in [0.3, 0.4) is 0 Å². The minimum absolute atomic E-state index is 0.584. The Morgan fingerprint density at radius 1 is 1.10 bits per heavy atom. The van der Waals surface area contributed by atoms with E-state index in [-0.39, 0.29) is 0 Å². The molecule has 120 valence electrons. The Labute approximate surface area is 127 Å². The molecule has 21 heavy (non-hydrogen) atoms. The SMILES string of the molecule is CCCNc1cc(OCCCOCCOC)nc(CC)n1. The minimum Gasteiger partial charge on any atom is -0.477 e. The van der Waals surface area contributed by atoms with Crippen molar-refractivity contribution < 1.29 is 14.2 Å². The van der Waals surface area contributed by atoms with Gasteiger partial charge in [0.05, 0.1) is 19.8 Å². The van der Waals surface area contributed by atoms with Crippen LogP contribution in [0.15, 0.2) is 6.07 Å². The van der Waals surface area contributed by atoms with Gasteiger partial charge in [-0.05, 0) is 6.42 Å². The lowest BCUT2D eigenvalue weighted by atomic mass is 10.4. The summed E-state index contributed by atoms with van der Waals surface area (Å²) in [6.07, 6.45) is 2.67. The van der Waals surface area contributed by atoms with Gasteiger partial charge in [-0.2, -0.15) is 4.98 Å². The zero-order chi connectivity index (χ0) is 15.3. The Bertz CT molecular complexity index is 388.